The number of aliphatic hydroxyl groups is 1. The third-order valence-electron chi connectivity index (χ3n) is 4.74. The largest absolute Gasteiger partial charge is 0.481 e. The third kappa shape index (κ3) is 13.4. The molecule has 0 radical (unpaired) electrons. The van der Waals surface area contributed by atoms with Crippen LogP contribution < -0.4 is 0 Å². The molecule has 0 aromatic carbocycles. The van der Waals surface area contributed by atoms with Crippen molar-refractivity contribution in [2.45, 2.75) is 109 Å². The summed E-state index contributed by atoms with van der Waals surface area (Å²) in [4.78, 5) is 11.0. The molecule has 2 atom stereocenters. The molecule has 0 aromatic heterocycles. The number of carbonyl (C=O) groups is 1. The molecule has 2 N–H and O–H groups in total. The SMILES string of the molecule is C#C[C@H](O)[C@H](CCCCCCCCCCCCCCCC)C(=O)O. The highest BCUT2D eigenvalue weighted by Gasteiger charge is 2.24. The summed E-state index contributed by atoms with van der Waals surface area (Å²) in [6.45, 7) is 2.26. The number of carboxylic acid groups (broad SMARTS) is 1. The predicted octanol–water partition coefficient (Wildman–Crippen LogP) is 5.55. The summed E-state index contributed by atoms with van der Waals surface area (Å²) in [5.41, 5.74) is 0. The lowest BCUT2D eigenvalue weighted by Crippen LogP contribution is -2.26. The lowest BCUT2D eigenvalue weighted by Gasteiger charge is -2.14. The monoisotopic (exact) mass is 338 g/mol. The number of aliphatic carboxylic acids is 1. The van der Waals surface area contributed by atoms with Crippen LogP contribution in [0.5, 0.6) is 0 Å². The van der Waals surface area contributed by atoms with Crippen LogP contribution in [0, 0.1) is 18.3 Å². The first kappa shape index (κ1) is 23.0. The molecule has 0 saturated heterocycles. The summed E-state index contributed by atoms with van der Waals surface area (Å²) in [7, 11) is 0. The van der Waals surface area contributed by atoms with Crippen LogP contribution in [0.4, 0.5) is 0 Å². The number of rotatable bonds is 17. The van der Waals surface area contributed by atoms with Gasteiger partial charge in [-0.05, 0) is 6.42 Å². The minimum atomic E-state index is -1.16. The number of hydrogen-bond acceptors (Lipinski definition) is 2. The molecule has 0 fully saturated rings. The van der Waals surface area contributed by atoms with E-state index in [2.05, 4.69) is 12.8 Å². The fourth-order valence-electron chi connectivity index (χ4n) is 3.09. The lowest BCUT2D eigenvalue weighted by atomic mass is 9.95. The molecule has 0 bridgehead atoms. The van der Waals surface area contributed by atoms with Crippen LogP contribution in [0.3, 0.4) is 0 Å². The van der Waals surface area contributed by atoms with Gasteiger partial charge in [-0.2, -0.15) is 0 Å². The molecular weight excluding hydrogens is 300 g/mol. The van der Waals surface area contributed by atoms with E-state index in [4.69, 9.17) is 11.5 Å². The summed E-state index contributed by atoms with van der Waals surface area (Å²) in [6.07, 6.45) is 22.3. The Morgan fingerprint density at radius 1 is 0.833 bits per heavy atom. The van der Waals surface area contributed by atoms with Crippen LogP contribution >= 0.6 is 0 Å². The van der Waals surface area contributed by atoms with E-state index in [1.165, 1.54) is 70.6 Å². The Morgan fingerprint density at radius 3 is 1.54 bits per heavy atom. The number of terminal acetylenes is 1. The Morgan fingerprint density at radius 2 is 1.21 bits per heavy atom. The van der Waals surface area contributed by atoms with Crippen LogP contribution in [-0.4, -0.2) is 22.3 Å². The molecule has 0 amide bonds. The van der Waals surface area contributed by atoms with E-state index in [0.717, 1.165) is 19.3 Å². The maximum absolute atomic E-state index is 11.0. The molecule has 0 saturated carbocycles. The maximum Gasteiger partial charge on any atom is 0.310 e. The van der Waals surface area contributed by atoms with Crippen LogP contribution in [0.1, 0.15) is 103 Å². The highest BCUT2D eigenvalue weighted by Crippen LogP contribution is 2.17. The van der Waals surface area contributed by atoms with Crippen molar-refractivity contribution in [3.05, 3.63) is 0 Å². The second kappa shape index (κ2) is 16.8. The summed E-state index contributed by atoms with van der Waals surface area (Å²) < 4.78 is 0. The number of aliphatic hydroxyl groups excluding tert-OH is 1. The van der Waals surface area contributed by atoms with Crippen LogP contribution in [-0.2, 0) is 4.79 Å². The van der Waals surface area contributed by atoms with Gasteiger partial charge in [-0.15, -0.1) is 6.42 Å². The summed E-state index contributed by atoms with van der Waals surface area (Å²) in [6, 6.07) is 0. The van der Waals surface area contributed by atoms with Crippen molar-refractivity contribution >= 4 is 5.97 Å². The normalized spacial score (nSPS) is 13.4. The molecular formula is C21H38O3. The van der Waals surface area contributed by atoms with Crippen molar-refractivity contribution in [3.63, 3.8) is 0 Å². The zero-order chi connectivity index (χ0) is 18.0. The molecule has 140 valence electrons. The minimum absolute atomic E-state index is 0.471. The molecule has 0 unspecified atom stereocenters. The van der Waals surface area contributed by atoms with Gasteiger partial charge in [0.2, 0.25) is 0 Å². The van der Waals surface area contributed by atoms with Gasteiger partial charge < -0.3 is 10.2 Å². The Bertz CT molecular complexity index is 332. The molecule has 0 spiro atoms. The summed E-state index contributed by atoms with van der Waals surface area (Å²) in [5, 5.41) is 18.5. The minimum Gasteiger partial charge on any atom is -0.481 e. The fourth-order valence-corrected chi connectivity index (χ4v) is 3.09. The first-order valence-corrected chi connectivity index (χ1v) is 10.0. The second-order valence-corrected chi connectivity index (χ2v) is 6.94. The van der Waals surface area contributed by atoms with Crippen LogP contribution in [0.25, 0.3) is 0 Å². The smallest absolute Gasteiger partial charge is 0.310 e. The van der Waals surface area contributed by atoms with Gasteiger partial charge in [0.1, 0.15) is 6.10 Å². The Hall–Kier alpha value is -1.01. The second-order valence-electron chi connectivity index (χ2n) is 6.94. The molecule has 0 aliphatic heterocycles. The van der Waals surface area contributed by atoms with Crippen molar-refractivity contribution in [2.75, 3.05) is 0 Å². The van der Waals surface area contributed by atoms with Crippen molar-refractivity contribution < 1.29 is 15.0 Å². The molecule has 3 nitrogen and oxygen atoms in total. The molecule has 24 heavy (non-hydrogen) atoms. The van der Waals surface area contributed by atoms with Gasteiger partial charge in [-0.25, -0.2) is 0 Å². The molecule has 0 aliphatic rings. The van der Waals surface area contributed by atoms with E-state index >= 15 is 0 Å². The third-order valence-corrected chi connectivity index (χ3v) is 4.74. The van der Waals surface area contributed by atoms with Crippen LogP contribution in [0.2, 0.25) is 0 Å². The summed E-state index contributed by atoms with van der Waals surface area (Å²) in [5.74, 6) is 0.317. The topological polar surface area (TPSA) is 57.5 Å². The summed E-state index contributed by atoms with van der Waals surface area (Å²) >= 11 is 0. The molecule has 0 aromatic rings. The number of unbranched alkanes of at least 4 members (excludes halogenated alkanes) is 13. The number of hydrogen-bond donors (Lipinski definition) is 2. The first-order valence-electron chi connectivity index (χ1n) is 10.0. The predicted molar refractivity (Wildman–Crippen MR) is 101 cm³/mol. The molecule has 3 heteroatoms. The van der Waals surface area contributed by atoms with Crippen LogP contribution in [0.15, 0.2) is 0 Å². The fraction of sp³-hybridized carbons (Fsp3) is 0.857. The number of carboxylic acids is 1. The van der Waals surface area contributed by atoms with Gasteiger partial charge in [0.25, 0.3) is 0 Å². The highest BCUT2D eigenvalue weighted by molar-refractivity contribution is 5.71. The van der Waals surface area contributed by atoms with E-state index < -0.39 is 18.0 Å². The zero-order valence-electron chi connectivity index (χ0n) is 15.6. The van der Waals surface area contributed by atoms with E-state index in [1.54, 1.807) is 0 Å². The van der Waals surface area contributed by atoms with Crippen molar-refractivity contribution in [2.24, 2.45) is 5.92 Å². The van der Waals surface area contributed by atoms with Crippen molar-refractivity contribution in [1.82, 2.24) is 0 Å². The Labute approximate surface area is 149 Å². The van der Waals surface area contributed by atoms with Crippen molar-refractivity contribution in [3.8, 4) is 12.3 Å². The van der Waals surface area contributed by atoms with Gasteiger partial charge in [0.05, 0.1) is 5.92 Å². The van der Waals surface area contributed by atoms with E-state index in [9.17, 15) is 9.90 Å². The van der Waals surface area contributed by atoms with Gasteiger partial charge >= 0.3 is 5.97 Å². The van der Waals surface area contributed by atoms with Crippen molar-refractivity contribution in [1.29, 1.82) is 0 Å². The van der Waals surface area contributed by atoms with Gasteiger partial charge in [-0.1, -0.05) is 103 Å². The Balaban J connectivity index is 3.33. The van der Waals surface area contributed by atoms with E-state index in [0.29, 0.717) is 6.42 Å². The molecule has 0 aliphatic carbocycles. The lowest BCUT2D eigenvalue weighted by molar-refractivity contribution is -0.144. The van der Waals surface area contributed by atoms with E-state index in [-0.39, 0.29) is 0 Å². The molecule has 0 heterocycles. The van der Waals surface area contributed by atoms with Gasteiger partial charge in [0.15, 0.2) is 0 Å². The quantitative estimate of drug-likeness (QED) is 0.270. The maximum atomic E-state index is 11.0. The van der Waals surface area contributed by atoms with Gasteiger partial charge in [-0.3, -0.25) is 4.79 Å². The standard InChI is InChI=1S/C21H38O3/c1-3-5-6-7-8-9-10-11-12-13-14-15-16-17-18-19(21(23)24)20(22)4-2/h2,19-20,22H,3,5-18H2,1H3,(H,23,24)/t19-,20-/m0/s1. The van der Waals surface area contributed by atoms with Gasteiger partial charge in [0, 0.05) is 0 Å². The highest BCUT2D eigenvalue weighted by atomic mass is 16.4. The zero-order valence-corrected chi connectivity index (χ0v) is 15.6. The average molecular weight is 339 g/mol. The Kier molecular flexibility index (Phi) is 16.1. The molecule has 0 rings (SSSR count). The first-order chi connectivity index (χ1) is 11.6. The average Bonchev–Trinajstić information content (AvgIpc) is 2.57. The van der Waals surface area contributed by atoms with E-state index in [1.807, 2.05) is 0 Å².